The topological polar surface area (TPSA) is 87.5 Å². The van der Waals surface area contributed by atoms with E-state index in [0.717, 1.165) is 5.56 Å². The number of benzene rings is 2. The summed E-state index contributed by atoms with van der Waals surface area (Å²) in [7, 11) is 3.31. The average molecular weight is 405 g/mol. The highest BCUT2D eigenvalue weighted by molar-refractivity contribution is 5.96. The molecule has 2 aromatic rings. The van der Waals surface area contributed by atoms with Gasteiger partial charge in [0.05, 0.1) is 0 Å². The molecule has 3 amide bonds. The molecule has 28 heavy (non-hydrogen) atoms. The Morgan fingerprint density at radius 2 is 1.64 bits per heavy atom. The summed E-state index contributed by atoms with van der Waals surface area (Å²) in [6, 6.07) is 14.4. The van der Waals surface area contributed by atoms with Crippen LogP contribution in [-0.4, -0.2) is 37.5 Å². The van der Waals surface area contributed by atoms with Crippen molar-refractivity contribution in [1.82, 2.24) is 10.2 Å². The lowest BCUT2D eigenvalue weighted by molar-refractivity contribution is 0.0951. The normalized spacial score (nSPS) is 11.4. The van der Waals surface area contributed by atoms with Gasteiger partial charge in [0.25, 0.3) is 5.91 Å². The molecule has 0 radical (unpaired) electrons. The quantitative estimate of drug-likeness (QED) is 0.685. The summed E-state index contributed by atoms with van der Waals surface area (Å²) in [6.07, 6.45) is 0. The van der Waals surface area contributed by atoms with Crippen molar-refractivity contribution in [3.05, 3.63) is 65.2 Å². The summed E-state index contributed by atoms with van der Waals surface area (Å²) in [6.45, 7) is 4.61. The van der Waals surface area contributed by atoms with Crippen molar-refractivity contribution < 1.29 is 9.59 Å². The van der Waals surface area contributed by atoms with Gasteiger partial charge in [-0.15, -0.1) is 12.4 Å². The smallest absolute Gasteiger partial charge is 0.321 e. The monoisotopic (exact) mass is 404 g/mol. The number of nitrogens with one attached hydrogen (secondary N) is 2. The second kappa shape index (κ2) is 10.7. The van der Waals surface area contributed by atoms with Gasteiger partial charge in [0.1, 0.15) is 0 Å². The maximum absolute atomic E-state index is 12.4. The molecular formula is C21H29ClN4O2. The molecule has 4 N–H and O–H groups in total. The van der Waals surface area contributed by atoms with E-state index in [9.17, 15) is 9.59 Å². The second-order valence-electron chi connectivity index (χ2n) is 7.04. The summed E-state index contributed by atoms with van der Waals surface area (Å²) in [5.74, 6) is 0.237. The number of carbonyl (C=O) groups excluding carboxylic acids is 2. The fourth-order valence-electron chi connectivity index (χ4n) is 2.52. The van der Waals surface area contributed by atoms with E-state index < -0.39 is 0 Å². The molecule has 0 fully saturated rings. The standard InChI is InChI=1S/C21H28N4O2.ClH/c1-14(2)15-8-10-16(11-9-15)19(22)13-23-20(26)17-6-5-7-18(12-17)24-21(27)25(3)4;/h5-12,14,19H,13,22H2,1-4H3,(H,23,26)(H,24,27);1H. The van der Waals surface area contributed by atoms with Crippen LogP contribution in [0.4, 0.5) is 10.5 Å². The zero-order valence-electron chi connectivity index (χ0n) is 16.7. The predicted molar refractivity (Wildman–Crippen MR) is 116 cm³/mol. The number of rotatable bonds is 6. The molecule has 0 saturated heterocycles. The van der Waals surface area contributed by atoms with Crippen LogP contribution in [0.2, 0.25) is 0 Å². The van der Waals surface area contributed by atoms with Gasteiger partial charge in [-0.25, -0.2) is 4.79 Å². The zero-order valence-corrected chi connectivity index (χ0v) is 17.5. The van der Waals surface area contributed by atoms with Gasteiger partial charge < -0.3 is 21.3 Å². The van der Waals surface area contributed by atoms with Gasteiger partial charge in [0.2, 0.25) is 0 Å². The molecule has 0 spiro atoms. The predicted octanol–water partition coefficient (Wildman–Crippen LogP) is 3.76. The van der Waals surface area contributed by atoms with Crippen molar-refractivity contribution in [3.8, 4) is 0 Å². The van der Waals surface area contributed by atoms with Crippen LogP contribution in [-0.2, 0) is 0 Å². The number of nitrogens with zero attached hydrogens (tertiary/aromatic N) is 1. The van der Waals surface area contributed by atoms with Gasteiger partial charge >= 0.3 is 6.03 Å². The Bertz CT molecular complexity index is 791. The fraction of sp³-hybridized carbons (Fsp3) is 0.333. The summed E-state index contributed by atoms with van der Waals surface area (Å²) in [5, 5.41) is 5.57. The average Bonchev–Trinajstić information content (AvgIpc) is 2.66. The molecule has 7 heteroatoms. The van der Waals surface area contributed by atoms with E-state index in [2.05, 4.69) is 36.6 Å². The molecule has 0 aliphatic rings. The number of hydrogen-bond acceptors (Lipinski definition) is 3. The van der Waals surface area contributed by atoms with Crippen molar-refractivity contribution in [2.45, 2.75) is 25.8 Å². The van der Waals surface area contributed by atoms with Crippen LogP contribution in [0.5, 0.6) is 0 Å². The maximum atomic E-state index is 12.4. The van der Waals surface area contributed by atoms with E-state index in [-0.39, 0.29) is 30.4 Å². The second-order valence-corrected chi connectivity index (χ2v) is 7.04. The Morgan fingerprint density at radius 1 is 1.04 bits per heavy atom. The van der Waals surface area contributed by atoms with Crippen molar-refractivity contribution in [1.29, 1.82) is 0 Å². The molecule has 1 atom stereocenters. The molecule has 152 valence electrons. The third-order valence-corrected chi connectivity index (χ3v) is 4.30. The molecule has 0 aliphatic heterocycles. The van der Waals surface area contributed by atoms with Crippen LogP contribution in [0.15, 0.2) is 48.5 Å². The summed E-state index contributed by atoms with van der Waals surface area (Å²) >= 11 is 0. The minimum absolute atomic E-state index is 0. The highest BCUT2D eigenvalue weighted by atomic mass is 35.5. The highest BCUT2D eigenvalue weighted by Crippen LogP contribution is 2.17. The molecule has 1 unspecified atom stereocenters. The molecule has 0 aromatic heterocycles. The van der Waals surface area contributed by atoms with Crippen molar-refractivity contribution >= 4 is 30.0 Å². The summed E-state index contributed by atoms with van der Waals surface area (Å²) in [5.41, 5.74) is 9.47. The lowest BCUT2D eigenvalue weighted by Gasteiger charge is -2.15. The van der Waals surface area contributed by atoms with Crippen molar-refractivity contribution in [2.75, 3.05) is 26.0 Å². The lowest BCUT2D eigenvalue weighted by Crippen LogP contribution is -2.32. The van der Waals surface area contributed by atoms with E-state index in [1.54, 1.807) is 38.4 Å². The molecule has 0 heterocycles. The third kappa shape index (κ3) is 6.55. The number of carbonyl (C=O) groups is 2. The van der Waals surface area contributed by atoms with Crippen LogP contribution >= 0.6 is 12.4 Å². The molecular weight excluding hydrogens is 376 g/mol. The fourth-order valence-corrected chi connectivity index (χ4v) is 2.52. The van der Waals surface area contributed by atoms with Crippen LogP contribution in [0.1, 0.15) is 47.3 Å². The molecule has 2 aromatic carbocycles. The maximum Gasteiger partial charge on any atom is 0.321 e. The molecule has 0 saturated carbocycles. The van der Waals surface area contributed by atoms with E-state index in [0.29, 0.717) is 23.7 Å². The van der Waals surface area contributed by atoms with Crippen LogP contribution in [0, 0.1) is 0 Å². The molecule has 0 aliphatic carbocycles. The Hall–Kier alpha value is -2.57. The SMILES string of the molecule is CC(C)c1ccc(C(N)CNC(=O)c2cccc(NC(=O)N(C)C)c2)cc1.Cl. The van der Waals surface area contributed by atoms with Crippen molar-refractivity contribution in [2.24, 2.45) is 5.73 Å². The molecule has 0 bridgehead atoms. The van der Waals surface area contributed by atoms with Gasteiger partial charge in [0.15, 0.2) is 0 Å². The van der Waals surface area contributed by atoms with Crippen LogP contribution < -0.4 is 16.4 Å². The largest absolute Gasteiger partial charge is 0.350 e. The minimum Gasteiger partial charge on any atom is -0.350 e. The number of amides is 3. The van der Waals surface area contributed by atoms with Gasteiger partial charge in [-0.1, -0.05) is 44.2 Å². The van der Waals surface area contributed by atoms with E-state index >= 15 is 0 Å². The first kappa shape index (κ1) is 23.5. The number of urea groups is 1. The number of hydrogen-bond donors (Lipinski definition) is 3. The Morgan fingerprint density at radius 3 is 2.21 bits per heavy atom. The lowest BCUT2D eigenvalue weighted by atomic mass is 9.99. The minimum atomic E-state index is -0.285. The van der Waals surface area contributed by atoms with Crippen molar-refractivity contribution in [3.63, 3.8) is 0 Å². The summed E-state index contributed by atoms with van der Waals surface area (Å²) < 4.78 is 0. The molecule has 2 rings (SSSR count). The zero-order chi connectivity index (χ0) is 20.0. The summed E-state index contributed by atoms with van der Waals surface area (Å²) in [4.78, 5) is 25.6. The number of halogens is 1. The first-order valence-corrected chi connectivity index (χ1v) is 9.00. The number of nitrogens with two attached hydrogens (primary N) is 1. The van der Waals surface area contributed by atoms with Gasteiger partial charge in [-0.2, -0.15) is 0 Å². The Kier molecular flexibility index (Phi) is 8.96. The Labute approximate surface area is 172 Å². The van der Waals surface area contributed by atoms with E-state index in [1.807, 2.05) is 12.1 Å². The van der Waals surface area contributed by atoms with Gasteiger partial charge in [-0.3, -0.25) is 4.79 Å². The first-order valence-electron chi connectivity index (χ1n) is 9.00. The first-order chi connectivity index (χ1) is 12.8. The van der Waals surface area contributed by atoms with Gasteiger partial charge in [-0.05, 0) is 35.2 Å². The molecule has 6 nitrogen and oxygen atoms in total. The highest BCUT2D eigenvalue weighted by Gasteiger charge is 2.12. The number of anilines is 1. The third-order valence-electron chi connectivity index (χ3n) is 4.30. The van der Waals surface area contributed by atoms with E-state index in [1.165, 1.54) is 10.5 Å². The van der Waals surface area contributed by atoms with E-state index in [4.69, 9.17) is 5.73 Å². The Balaban J connectivity index is 0.00000392. The van der Waals surface area contributed by atoms with Gasteiger partial charge in [0, 0.05) is 37.9 Å². The van der Waals surface area contributed by atoms with Crippen LogP contribution in [0.25, 0.3) is 0 Å². The van der Waals surface area contributed by atoms with Crippen LogP contribution in [0.3, 0.4) is 0 Å².